The first-order chi connectivity index (χ1) is 9.83. The van der Waals surface area contributed by atoms with Crippen molar-refractivity contribution in [2.75, 3.05) is 0 Å². The lowest BCUT2D eigenvalue weighted by Crippen LogP contribution is -1.93. The van der Waals surface area contributed by atoms with Gasteiger partial charge in [-0.1, -0.05) is 55.1 Å². The van der Waals surface area contributed by atoms with Gasteiger partial charge in [-0.25, -0.2) is 0 Å². The van der Waals surface area contributed by atoms with Gasteiger partial charge in [0.15, 0.2) is 0 Å². The largest absolute Gasteiger partial charge is 0.496 e. The summed E-state index contributed by atoms with van der Waals surface area (Å²) >= 11 is 0. The van der Waals surface area contributed by atoms with Crippen molar-refractivity contribution < 1.29 is 9.84 Å². The van der Waals surface area contributed by atoms with E-state index in [-0.39, 0.29) is 6.61 Å². The summed E-state index contributed by atoms with van der Waals surface area (Å²) in [5.74, 6) is 0. The van der Waals surface area contributed by atoms with Gasteiger partial charge in [-0.15, -0.1) is 0 Å². The molecule has 0 aliphatic heterocycles. The van der Waals surface area contributed by atoms with E-state index in [1.165, 1.54) is 0 Å². The third-order valence-corrected chi connectivity index (χ3v) is 3.00. The first kappa shape index (κ1) is 14.1. The molecule has 2 nitrogen and oxygen atoms in total. The first-order valence-corrected chi connectivity index (χ1v) is 6.52. The van der Waals surface area contributed by atoms with Crippen molar-refractivity contribution in [3.63, 3.8) is 0 Å². The predicted octanol–water partition coefficient (Wildman–Crippen LogP) is 4.01. The highest BCUT2D eigenvalue weighted by molar-refractivity contribution is 5.52. The molecule has 1 N–H and O–H groups in total. The molecule has 2 rings (SSSR count). The molecule has 0 amide bonds. The zero-order valence-corrected chi connectivity index (χ0v) is 11.3. The molecule has 0 aliphatic rings. The van der Waals surface area contributed by atoms with E-state index in [9.17, 15) is 5.11 Å². The van der Waals surface area contributed by atoms with Gasteiger partial charge >= 0.3 is 0 Å². The molecule has 0 spiro atoms. The molecule has 2 aromatic rings. The first-order valence-electron chi connectivity index (χ1n) is 6.52. The summed E-state index contributed by atoms with van der Waals surface area (Å²) in [5, 5.41) is 9.29. The van der Waals surface area contributed by atoms with Gasteiger partial charge in [0.2, 0.25) is 0 Å². The van der Waals surface area contributed by atoms with Crippen molar-refractivity contribution in [2.24, 2.45) is 0 Å². The van der Waals surface area contributed by atoms with Crippen molar-refractivity contribution >= 4 is 12.2 Å². The highest BCUT2D eigenvalue weighted by atomic mass is 16.5. The standard InChI is InChI=1S/C18H18O2/c1-2-17-9-8-16(12-18(17)13-19)14-20-11-10-15-6-4-3-5-7-15/h2-12,19H,1,13-14H2. The van der Waals surface area contributed by atoms with E-state index in [0.29, 0.717) is 6.61 Å². The fourth-order valence-corrected chi connectivity index (χ4v) is 1.92. The van der Waals surface area contributed by atoms with Crippen molar-refractivity contribution in [2.45, 2.75) is 13.2 Å². The molecule has 0 atom stereocenters. The van der Waals surface area contributed by atoms with E-state index in [1.807, 2.05) is 54.6 Å². The summed E-state index contributed by atoms with van der Waals surface area (Å²) in [7, 11) is 0. The van der Waals surface area contributed by atoms with E-state index in [0.717, 1.165) is 22.3 Å². The van der Waals surface area contributed by atoms with Gasteiger partial charge < -0.3 is 9.84 Å². The van der Waals surface area contributed by atoms with E-state index in [4.69, 9.17) is 4.74 Å². The molecule has 0 saturated carbocycles. The topological polar surface area (TPSA) is 29.5 Å². The van der Waals surface area contributed by atoms with Crippen LogP contribution in [-0.2, 0) is 18.0 Å². The van der Waals surface area contributed by atoms with Crippen LogP contribution in [0.1, 0.15) is 22.3 Å². The summed E-state index contributed by atoms with van der Waals surface area (Å²) in [6, 6.07) is 15.8. The second-order valence-corrected chi connectivity index (χ2v) is 4.42. The van der Waals surface area contributed by atoms with Crippen LogP contribution in [0.4, 0.5) is 0 Å². The number of benzene rings is 2. The molecular formula is C18H18O2. The van der Waals surface area contributed by atoms with Crippen LogP contribution in [0, 0.1) is 0 Å². The fourth-order valence-electron chi connectivity index (χ4n) is 1.92. The molecule has 2 heteroatoms. The van der Waals surface area contributed by atoms with Crippen LogP contribution in [0.2, 0.25) is 0 Å². The average molecular weight is 266 g/mol. The minimum atomic E-state index is 0.00898. The second kappa shape index (κ2) is 7.31. The third kappa shape index (κ3) is 3.84. The Bertz CT molecular complexity index is 586. The van der Waals surface area contributed by atoms with Crippen molar-refractivity contribution in [1.82, 2.24) is 0 Å². The zero-order valence-electron chi connectivity index (χ0n) is 11.3. The summed E-state index contributed by atoms with van der Waals surface area (Å²) < 4.78 is 5.51. The Kier molecular flexibility index (Phi) is 5.15. The lowest BCUT2D eigenvalue weighted by Gasteiger charge is -2.07. The van der Waals surface area contributed by atoms with E-state index < -0.39 is 0 Å². The number of aliphatic hydroxyl groups is 1. The van der Waals surface area contributed by atoms with Crippen LogP contribution in [-0.4, -0.2) is 5.11 Å². The Labute approximate surface area is 119 Å². The van der Waals surface area contributed by atoms with Crippen molar-refractivity contribution in [3.05, 3.63) is 83.6 Å². The Balaban J connectivity index is 1.94. The van der Waals surface area contributed by atoms with E-state index in [2.05, 4.69) is 6.58 Å². The maximum Gasteiger partial charge on any atom is 0.112 e. The lowest BCUT2D eigenvalue weighted by molar-refractivity contribution is 0.238. The Morgan fingerprint density at radius 2 is 1.90 bits per heavy atom. The second-order valence-electron chi connectivity index (χ2n) is 4.42. The monoisotopic (exact) mass is 266 g/mol. The molecule has 0 bridgehead atoms. The smallest absolute Gasteiger partial charge is 0.112 e. The lowest BCUT2D eigenvalue weighted by atomic mass is 10.0. The van der Waals surface area contributed by atoms with Gasteiger partial charge in [0.25, 0.3) is 0 Å². The normalized spacial score (nSPS) is 10.7. The summed E-state index contributed by atoms with van der Waals surface area (Å²) in [4.78, 5) is 0. The SMILES string of the molecule is C=Cc1ccc(COC=Cc2ccccc2)cc1CO. The maximum absolute atomic E-state index is 9.29. The zero-order chi connectivity index (χ0) is 14.2. The van der Waals surface area contributed by atoms with Gasteiger partial charge in [-0.05, 0) is 34.4 Å². The number of ether oxygens (including phenoxy) is 1. The minimum Gasteiger partial charge on any atom is -0.496 e. The molecule has 0 fully saturated rings. The van der Waals surface area contributed by atoms with Crippen LogP contribution in [0.3, 0.4) is 0 Å². The van der Waals surface area contributed by atoms with Crippen LogP contribution < -0.4 is 0 Å². The van der Waals surface area contributed by atoms with Crippen LogP contribution in [0.5, 0.6) is 0 Å². The molecular weight excluding hydrogens is 248 g/mol. The predicted molar refractivity (Wildman–Crippen MR) is 82.7 cm³/mol. The molecule has 0 aromatic heterocycles. The number of hydrogen-bond donors (Lipinski definition) is 1. The summed E-state index contributed by atoms with van der Waals surface area (Å²) in [6.07, 6.45) is 5.35. The van der Waals surface area contributed by atoms with Crippen molar-refractivity contribution in [1.29, 1.82) is 0 Å². The van der Waals surface area contributed by atoms with Gasteiger partial charge in [-0.2, -0.15) is 0 Å². The molecule has 2 aromatic carbocycles. The quantitative estimate of drug-likeness (QED) is 0.800. The molecule has 102 valence electrons. The molecule has 0 unspecified atom stereocenters. The van der Waals surface area contributed by atoms with E-state index in [1.54, 1.807) is 12.3 Å². The van der Waals surface area contributed by atoms with Crippen LogP contribution in [0.15, 0.2) is 61.4 Å². The van der Waals surface area contributed by atoms with E-state index >= 15 is 0 Å². The molecule has 0 saturated heterocycles. The Morgan fingerprint density at radius 3 is 2.60 bits per heavy atom. The maximum atomic E-state index is 9.29. The fraction of sp³-hybridized carbons (Fsp3) is 0.111. The number of rotatable bonds is 6. The van der Waals surface area contributed by atoms with Crippen LogP contribution >= 0.6 is 0 Å². The Hall–Kier alpha value is -2.32. The molecule has 0 aliphatic carbocycles. The van der Waals surface area contributed by atoms with Gasteiger partial charge in [-0.3, -0.25) is 0 Å². The number of aliphatic hydroxyl groups excluding tert-OH is 1. The highest BCUT2D eigenvalue weighted by Crippen LogP contribution is 2.14. The molecule has 20 heavy (non-hydrogen) atoms. The van der Waals surface area contributed by atoms with Crippen LogP contribution in [0.25, 0.3) is 12.2 Å². The number of hydrogen-bond acceptors (Lipinski definition) is 2. The van der Waals surface area contributed by atoms with Gasteiger partial charge in [0.05, 0.1) is 12.9 Å². The van der Waals surface area contributed by atoms with Gasteiger partial charge in [0, 0.05) is 0 Å². The van der Waals surface area contributed by atoms with Gasteiger partial charge in [0.1, 0.15) is 6.61 Å². The highest BCUT2D eigenvalue weighted by Gasteiger charge is 2.00. The van der Waals surface area contributed by atoms with Crippen molar-refractivity contribution in [3.8, 4) is 0 Å². The molecule has 0 heterocycles. The Morgan fingerprint density at radius 1 is 1.10 bits per heavy atom. The summed E-state index contributed by atoms with van der Waals surface area (Å²) in [6.45, 7) is 4.21. The molecule has 0 radical (unpaired) electrons. The third-order valence-electron chi connectivity index (χ3n) is 3.00. The average Bonchev–Trinajstić information content (AvgIpc) is 2.52. The minimum absolute atomic E-state index is 0.00898. The summed E-state index contributed by atoms with van der Waals surface area (Å²) in [5.41, 5.74) is 3.95.